The van der Waals surface area contributed by atoms with Crippen molar-refractivity contribution in [3.63, 3.8) is 0 Å². The molecule has 0 fully saturated rings. The molecule has 208 valence electrons. The van der Waals surface area contributed by atoms with Crippen LogP contribution in [0.5, 0.6) is 11.5 Å². The smallest absolute Gasteiger partial charge is 0.327 e. The standard InChI is InChI=1S/C28H34N4O7/c29-27(36)32-28(37)31-23-3-1-2-20(14-23)18-38-12-13-39-24-7-4-19(5-8-24)10-11-30-16-26(35)21-6-9-25(34)22(15-21)17-33/h1-9,14-15,26,30,33-35H,10-13,16-18H2,(H4,29,31,32,36,37)/t26-/m0/s1. The first-order valence-electron chi connectivity index (χ1n) is 12.4. The number of nitrogens with one attached hydrogen (secondary N) is 3. The Kier molecular flexibility index (Phi) is 11.5. The van der Waals surface area contributed by atoms with E-state index in [-0.39, 0.29) is 12.4 Å². The van der Waals surface area contributed by atoms with Gasteiger partial charge in [-0.15, -0.1) is 0 Å². The van der Waals surface area contributed by atoms with Crippen molar-refractivity contribution in [1.82, 2.24) is 10.6 Å². The molecule has 1 atom stereocenters. The lowest BCUT2D eigenvalue weighted by atomic mass is 10.1. The summed E-state index contributed by atoms with van der Waals surface area (Å²) in [5.41, 5.74) is 8.40. The number of urea groups is 2. The van der Waals surface area contributed by atoms with E-state index in [2.05, 4.69) is 10.6 Å². The summed E-state index contributed by atoms with van der Waals surface area (Å²) in [5, 5.41) is 36.9. The van der Waals surface area contributed by atoms with Crippen molar-refractivity contribution in [2.75, 3.05) is 31.6 Å². The largest absolute Gasteiger partial charge is 0.508 e. The molecule has 3 aromatic rings. The van der Waals surface area contributed by atoms with Gasteiger partial charge in [-0.1, -0.05) is 30.3 Å². The zero-order chi connectivity index (χ0) is 28.0. The van der Waals surface area contributed by atoms with Crippen LogP contribution in [-0.2, 0) is 24.4 Å². The Morgan fingerprint density at radius 2 is 1.77 bits per heavy atom. The van der Waals surface area contributed by atoms with Gasteiger partial charge >= 0.3 is 12.1 Å². The highest BCUT2D eigenvalue weighted by Crippen LogP contribution is 2.22. The quantitative estimate of drug-likeness (QED) is 0.153. The number of aliphatic hydroxyl groups is 2. The van der Waals surface area contributed by atoms with Gasteiger partial charge < -0.3 is 41.2 Å². The first kappa shape index (κ1) is 29.4. The molecule has 11 heteroatoms. The number of anilines is 1. The van der Waals surface area contributed by atoms with Crippen LogP contribution in [0, 0.1) is 0 Å². The van der Waals surface area contributed by atoms with Gasteiger partial charge in [0.2, 0.25) is 0 Å². The molecule has 8 N–H and O–H groups in total. The molecule has 0 bridgehead atoms. The number of ether oxygens (including phenoxy) is 2. The average Bonchev–Trinajstić information content (AvgIpc) is 2.91. The van der Waals surface area contributed by atoms with E-state index >= 15 is 0 Å². The van der Waals surface area contributed by atoms with E-state index in [0.717, 1.165) is 23.3 Å². The summed E-state index contributed by atoms with van der Waals surface area (Å²) in [5.74, 6) is 0.734. The number of aliphatic hydroxyl groups excluding tert-OH is 2. The van der Waals surface area contributed by atoms with Crippen LogP contribution in [0.1, 0.15) is 28.4 Å². The van der Waals surface area contributed by atoms with Gasteiger partial charge in [-0.05, 0) is 66.1 Å². The first-order valence-corrected chi connectivity index (χ1v) is 12.4. The minimum Gasteiger partial charge on any atom is -0.508 e. The molecule has 0 saturated heterocycles. The molecule has 0 saturated carbocycles. The van der Waals surface area contributed by atoms with Crippen molar-refractivity contribution in [3.8, 4) is 11.5 Å². The molecule has 3 aromatic carbocycles. The molecule has 0 aliphatic carbocycles. The van der Waals surface area contributed by atoms with Gasteiger partial charge in [-0.25, -0.2) is 9.59 Å². The number of carbonyl (C=O) groups is 2. The molecule has 3 rings (SSSR count). The van der Waals surface area contributed by atoms with E-state index in [9.17, 15) is 24.9 Å². The number of benzene rings is 3. The maximum absolute atomic E-state index is 11.6. The Hall–Kier alpha value is -4.16. The van der Waals surface area contributed by atoms with Gasteiger partial charge in [-0.2, -0.15) is 0 Å². The summed E-state index contributed by atoms with van der Waals surface area (Å²) < 4.78 is 11.4. The summed E-state index contributed by atoms with van der Waals surface area (Å²) in [6, 6.07) is 17.8. The zero-order valence-corrected chi connectivity index (χ0v) is 21.4. The molecule has 0 spiro atoms. The Morgan fingerprint density at radius 1 is 0.974 bits per heavy atom. The molecule has 4 amide bonds. The first-order chi connectivity index (χ1) is 18.8. The highest BCUT2D eigenvalue weighted by molar-refractivity contribution is 6.00. The van der Waals surface area contributed by atoms with E-state index in [4.69, 9.17) is 15.2 Å². The Labute approximate surface area is 226 Å². The van der Waals surface area contributed by atoms with Crippen LogP contribution in [0.2, 0.25) is 0 Å². The van der Waals surface area contributed by atoms with Crippen LogP contribution in [-0.4, -0.2) is 53.7 Å². The predicted molar refractivity (Wildman–Crippen MR) is 145 cm³/mol. The van der Waals surface area contributed by atoms with E-state index in [1.165, 1.54) is 6.07 Å². The lowest BCUT2D eigenvalue weighted by Crippen LogP contribution is -2.38. The normalized spacial score (nSPS) is 11.5. The number of nitrogens with two attached hydrogens (primary N) is 1. The maximum atomic E-state index is 11.6. The van der Waals surface area contributed by atoms with Crippen molar-refractivity contribution < 1.29 is 34.4 Å². The van der Waals surface area contributed by atoms with Gasteiger partial charge in [0.25, 0.3) is 0 Å². The SMILES string of the molecule is NC(=O)NC(=O)Nc1cccc(COCCOc2ccc(CCNC[C@H](O)c3ccc(O)c(CO)c3)cc2)c1. The fraction of sp³-hybridized carbons (Fsp3) is 0.286. The van der Waals surface area contributed by atoms with Gasteiger partial charge in [0, 0.05) is 17.8 Å². The minimum absolute atomic E-state index is 0.00805. The topological polar surface area (TPSA) is 175 Å². The number of primary amides is 1. The second kappa shape index (κ2) is 15.3. The van der Waals surface area contributed by atoms with E-state index in [1.807, 2.05) is 35.6 Å². The molecular weight excluding hydrogens is 504 g/mol. The van der Waals surface area contributed by atoms with E-state index < -0.39 is 18.2 Å². The van der Waals surface area contributed by atoms with E-state index in [0.29, 0.717) is 49.7 Å². The van der Waals surface area contributed by atoms with Crippen LogP contribution >= 0.6 is 0 Å². The highest BCUT2D eigenvalue weighted by Gasteiger charge is 2.10. The molecule has 0 aliphatic rings. The third-order valence-corrected chi connectivity index (χ3v) is 5.70. The van der Waals surface area contributed by atoms with Crippen LogP contribution in [0.3, 0.4) is 0 Å². The van der Waals surface area contributed by atoms with Crippen molar-refractivity contribution in [3.05, 3.63) is 89.0 Å². The van der Waals surface area contributed by atoms with Crippen LogP contribution in [0.25, 0.3) is 0 Å². The third kappa shape index (κ3) is 10.3. The molecule has 11 nitrogen and oxygen atoms in total. The molecular formula is C28H34N4O7. The zero-order valence-electron chi connectivity index (χ0n) is 21.4. The maximum Gasteiger partial charge on any atom is 0.327 e. The fourth-order valence-corrected chi connectivity index (χ4v) is 3.70. The highest BCUT2D eigenvalue weighted by atomic mass is 16.5. The fourth-order valence-electron chi connectivity index (χ4n) is 3.70. The molecule has 0 unspecified atom stereocenters. The summed E-state index contributed by atoms with van der Waals surface area (Å²) in [4.78, 5) is 22.3. The monoisotopic (exact) mass is 538 g/mol. The van der Waals surface area contributed by atoms with Crippen LogP contribution in [0.4, 0.5) is 15.3 Å². The van der Waals surface area contributed by atoms with Gasteiger partial charge in [0.15, 0.2) is 0 Å². The van der Waals surface area contributed by atoms with Crippen molar-refractivity contribution in [2.24, 2.45) is 5.73 Å². The molecule has 0 aliphatic heterocycles. The van der Waals surface area contributed by atoms with Crippen molar-refractivity contribution >= 4 is 17.7 Å². The minimum atomic E-state index is -0.934. The Bertz CT molecular complexity index is 1220. The number of rotatable bonds is 14. The molecule has 0 radical (unpaired) electrons. The van der Waals surface area contributed by atoms with Gasteiger partial charge in [0.1, 0.15) is 18.1 Å². The Balaban J connectivity index is 1.30. The lowest BCUT2D eigenvalue weighted by molar-refractivity contribution is 0.0889. The average molecular weight is 539 g/mol. The number of aromatic hydroxyl groups is 1. The number of carbonyl (C=O) groups excluding carboxylic acids is 2. The lowest BCUT2D eigenvalue weighted by Gasteiger charge is -2.14. The number of hydrogen-bond acceptors (Lipinski definition) is 8. The number of imide groups is 1. The Morgan fingerprint density at radius 3 is 2.51 bits per heavy atom. The summed E-state index contributed by atoms with van der Waals surface area (Å²) in [6.07, 6.45) is 0.0235. The van der Waals surface area contributed by atoms with Crippen molar-refractivity contribution in [2.45, 2.75) is 25.7 Å². The third-order valence-electron chi connectivity index (χ3n) is 5.70. The number of amides is 4. The van der Waals surface area contributed by atoms with Crippen LogP contribution < -0.4 is 26.4 Å². The van der Waals surface area contributed by atoms with Crippen LogP contribution in [0.15, 0.2) is 66.7 Å². The molecule has 0 heterocycles. The van der Waals surface area contributed by atoms with E-state index in [1.54, 1.807) is 30.3 Å². The molecule has 0 aromatic heterocycles. The number of phenols is 1. The summed E-state index contributed by atoms with van der Waals surface area (Å²) in [6.45, 7) is 1.79. The summed E-state index contributed by atoms with van der Waals surface area (Å²) in [7, 11) is 0. The van der Waals surface area contributed by atoms with Gasteiger partial charge in [-0.3, -0.25) is 5.32 Å². The summed E-state index contributed by atoms with van der Waals surface area (Å²) >= 11 is 0. The second-order valence-corrected chi connectivity index (χ2v) is 8.70. The predicted octanol–water partition coefficient (Wildman–Crippen LogP) is 2.55. The number of hydrogen-bond donors (Lipinski definition) is 7. The van der Waals surface area contributed by atoms with Gasteiger partial charge in [0.05, 0.1) is 25.9 Å². The second-order valence-electron chi connectivity index (χ2n) is 8.70. The van der Waals surface area contributed by atoms with Crippen molar-refractivity contribution in [1.29, 1.82) is 0 Å². The molecule has 39 heavy (non-hydrogen) atoms.